The number of rotatable bonds is 1. The standard InChI is InChI=1S/C14H8Br2O2/c15-9-3-1-8(2-4-9)13-11-6-5-10(16)7-12(11)14(17)18-13/h1-7,13H/t13-/m0/s1. The highest BCUT2D eigenvalue weighted by Gasteiger charge is 2.32. The predicted octanol–water partition coefficient (Wildman–Crippen LogP) is 4.47. The zero-order valence-electron chi connectivity index (χ0n) is 9.19. The maximum Gasteiger partial charge on any atom is 0.339 e. The van der Waals surface area contributed by atoms with E-state index < -0.39 is 0 Å². The first-order chi connectivity index (χ1) is 8.65. The number of benzene rings is 2. The van der Waals surface area contributed by atoms with Crippen molar-refractivity contribution in [2.24, 2.45) is 0 Å². The largest absolute Gasteiger partial charge is 0.449 e. The van der Waals surface area contributed by atoms with Crippen LogP contribution in [0.4, 0.5) is 0 Å². The third kappa shape index (κ3) is 1.99. The Hall–Kier alpha value is -1.13. The Morgan fingerprint density at radius 1 is 0.944 bits per heavy atom. The molecule has 1 heterocycles. The summed E-state index contributed by atoms with van der Waals surface area (Å²) in [6, 6.07) is 13.5. The molecule has 3 rings (SSSR count). The summed E-state index contributed by atoms with van der Waals surface area (Å²) < 4.78 is 7.33. The Kier molecular flexibility index (Phi) is 2.99. The molecule has 0 bridgehead atoms. The second-order valence-corrected chi connectivity index (χ2v) is 5.90. The molecule has 0 saturated heterocycles. The molecule has 0 N–H and O–H groups in total. The van der Waals surface area contributed by atoms with Gasteiger partial charge in [-0.3, -0.25) is 0 Å². The van der Waals surface area contributed by atoms with Crippen molar-refractivity contribution < 1.29 is 9.53 Å². The van der Waals surface area contributed by atoms with Crippen LogP contribution in [-0.4, -0.2) is 5.97 Å². The minimum absolute atomic E-state index is 0.265. The molecular weight excluding hydrogens is 360 g/mol. The third-order valence-electron chi connectivity index (χ3n) is 2.92. The molecule has 2 aromatic rings. The number of esters is 1. The lowest BCUT2D eigenvalue weighted by Crippen LogP contribution is -2.00. The fourth-order valence-electron chi connectivity index (χ4n) is 2.05. The van der Waals surface area contributed by atoms with Crippen molar-refractivity contribution >= 4 is 37.8 Å². The molecule has 1 aliphatic rings. The average molecular weight is 368 g/mol. The van der Waals surface area contributed by atoms with Crippen molar-refractivity contribution in [3.05, 3.63) is 68.1 Å². The molecule has 90 valence electrons. The van der Waals surface area contributed by atoms with Gasteiger partial charge in [0, 0.05) is 14.5 Å². The van der Waals surface area contributed by atoms with E-state index in [4.69, 9.17) is 4.74 Å². The van der Waals surface area contributed by atoms with Gasteiger partial charge in [0.25, 0.3) is 0 Å². The molecule has 18 heavy (non-hydrogen) atoms. The van der Waals surface area contributed by atoms with Crippen molar-refractivity contribution in [2.75, 3.05) is 0 Å². The van der Waals surface area contributed by atoms with E-state index in [0.29, 0.717) is 5.56 Å². The maximum absolute atomic E-state index is 11.8. The number of hydrogen-bond donors (Lipinski definition) is 0. The van der Waals surface area contributed by atoms with Crippen LogP contribution < -0.4 is 0 Å². The first kappa shape index (κ1) is 11.9. The van der Waals surface area contributed by atoms with Gasteiger partial charge >= 0.3 is 5.97 Å². The monoisotopic (exact) mass is 366 g/mol. The molecule has 0 amide bonds. The number of halogens is 2. The minimum atomic E-state index is -0.298. The lowest BCUT2D eigenvalue weighted by molar-refractivity contribution is 0.0456. The highest BCUT2D eigenvalue weighted by molar-refractivity contribution is 9.10. The number of ether oxygens (including phenoxy) is 1. The summed E-state index contributed by atoms with van der Waals surface area (Å²) in [4.78, 5) is 11.8. The van der Waals surface area contributed by atoms with E-state index >= 15 is 0 Å². The molecule has 4 heteroatoms. The molecular formula is C14H8Br2O2. The van der Waals surface area contributed by atoms with Crippen LogP contribution in [0.3, 0.4) is 0 Å². The van der Waals surface area contributed by atoms with Crippen LogP contribution in [-0.2, 0) is 4.74 Å². The summed E-state index contributed by atoms with van der Waals surface area (Å²) >= 11 is 6.76. The van der Waals surface area contributed by atoms with Gasteiger partial charge in [-0.2, -0.15) is 0 Å². The molecule has 0 spiro atoms. The number of hydrogen-bond acceptors (Lipinski definition) is 2. The molecule has 2 aromatic carbocycles. The lowest BCUT2D eigenvalue weighted by Gasteiger charge is -2.11. The number of cyclic esters (lactones) is 1. The smallest absolute Gasteiger partial charge is 0.339 e. The van der Waals surface area contributed by atoms with Crippen molar-refractivity contribution in [1.29, 1.82) is 0 Å². The van der Waals surface area contributed by atoms with Gasteiger partial charge in [-0.05, 0) is 29.8 Å². The van der Waals surface area contributed by atoms with Crippen LogP contribution >= 0.6 is 31.9 Å². The van der Waals surface area contributed by atoms with E-state index in [1.807, 2.05) is 36.4 Å². The highest BCUT2D eigenvalue weighted by Crippen LogP contribution is 2.37. The fraction of sp³-hybridized carbons (Fsp3) is 0.0714. The van der Waals surface area contributed by atoms with E-state index in [0.717, 1.165) is 20.1 Å². The second-order valence-electron chi connectivity index (χ2n) is 4.07. The lowest BCUT2D eigenvalue weighted by atomic mass is 9.99. The van der Waals surface area contributed by atoms with Gasteiger partial charge in [-0.15, -0.1) is 0 Å². The Bertz CT molecular complexity index is 620. The summed E-state index contributed by atoms with van der Waals surface area (Å²) in [6.07, 6.45) is -0.298. The molecule has 0 fully saturated rings. The highest BCUT2D eigenvalue weighted by atomic mass is 79.9. The molecule has 1 aliphatic heterocycles. The molecule has 0 aliphatic carbocycles. The van der Waals surface area contributed by atoms with Gasteiger partial charge in [0.15, 0.2) is 6.10 Å². The molecule has 0 radical (unpaired) electrons. The third-order valence-corrected chi connectivity index (χ3v) is 3.94. The van der Waals surface area contributed by atoms with Crippen LogP contribution in [0.25, 0.3) is 0 Å². The first-order valence-corrected chi connectivity index (χ1v) is 6.99. The molecule has 0 saturated carbocycles. The number of carbonyl (C=O) groups is 1. The summed E-state index contributed by atoms with van der Waals surface area (Å²) in [5.74, 6) is -0.265. The number of carbonyl (C=O) groups excluding carboxylic acids is 1. The Morgan fingerprint density at radius 2 is 1.61 bits per heavy atom. The van der Waals surface area contributed by atoms with Crippen LogP contribution in [0.15, 0.2) is 51.4 Å². The average Bonchev–Trinajstić information content (AvgIpc) is 2.68. The Balaban J connectivity index is 2.07. The van der Waals surface area contributed by atoms with Gasteiger partial charge in [-0.25, -0.2) is 4.79 Å². The zero-order valence-corrected chi connectivity index (χ0v) is 12.4. The normalized spacial score (nSPS) is 17.4. The van der Waals surface area contributed by atoms with E-state index in [-0.39, 0.29) is 12.1 Å². The molecule has 1 atom stereocenters. The summed E-state index contributed by atoms with van der Waals surface area (Å²) in [6.45, 7) is 0. The Labute approximate surface area is 121 Å². The molecule has 2 nitrogen and oxygen atoms in total. The van der Waals surface area contributed by atoms with Crippen molar-refractivity contribution in [3.63, 3.8) is 0 Å². The second kappa shape index (κ2) is 4.52. The SMILES string of the molecule is O=C1O[C@@H](c2ccc(Br)cc2)c2ccc(Br)cc21. The summed E-state index contributed by atoms with van der Waals surface area (Å²) in [5.41, 5.74) is 2.54. The van der Waals surface area contributed by atoms with E-state index in [1.165, 1.54) is 0 Å². The summed E-state index contributed by atoms with van der Waals surface area (Å²) in [7, 11) is 0. The van der Waals surface area contributed by atoms with Crippen LogP contribution in [0.5, 0.6) is 0 Å². The van der Waals surface area contributed by atoms with Crippen LogP contribution in [0.2, 0.25) is 0 Å². The van der Waals surface area contributed by atoms with E-state index in [9.17, 15) is 4.79 Å². The van der Waals surface area contributed by atoms with Crippen molar-refractivity contribution in [1.82, 2.24) is 0 Å². The van der Waals surface area contributed by atoms with Gasteiger partial charge in [0.05, 0.1) is 5.56 Å². The maximum atomic E-state index is 11.8. The predicted molar refractivity (Wildman–Crippen MR) is 75.5 cm³/mol. The quantitative estimate of drug-likeness (QED) is 0.695. The number of fused-ring (bicyclic) bond motifs is 1. The van der Waals surface area contributed by atoms with Gasteiger partial charge in [0.1, 0.15) is 0 Å². The van der Waals surface area contributed by atoms with E-state index in [2.05, 4.69) is 31.9 Å². The van der Waals surface area contributed by atoms with Crippen LogP contribution in [0.1, 0.15) is 27.6 Å². The van der Waals surface area contributed by atoms with Crippen molar-refractivity contribution in [3.8, 4) is 0 Å². The van der Waals surface area contributed by atoms with Crippen molar-refractivity contribution in [2.45, 2.75) is 6.10 Å². The zero-order chi connectivity index (χ0) is 12.7. The Morgan fingerprint density at radius 3 is 2.33 bits per heavy atom. The summed E-state index contributed by atoms with van der Waals surface area (Å²) in [5, 5.41) is 0. The molecule has 0 aromatic heterocycles. The minimum Gasteiger partial charge on any atom is -0.449 e. The van der Waals surface area contributed by atoms with Gasteiger partial charge < -0.3 is 4.74 Å². The first-order valence-electron chi connectivity index (χ1n) is 5.41. The van der Waals surface area contributed by atoms with Gasteiger partial charge in [0.2, 0.25) is 0 Å². The fourth-order valence-corrected chi connectivity index (χ4v) is 2.68. The van der Waals surface area contributed by atoms with Gasteiger partial charge in [-0.1, -0.05) is 50.1 Å². The van der Waals surface area contributed by atoms with Crippen LogP contribution in [0, 0.1) is 0 Å². The molecule has 0 unspecified atom stereocenters. The topological polar surface area (TPSA) is 26.3 Å². The van der Waals surface area contributed by atoms with E-state index in [1.54, 1.807) is 6.07 Å².